The molecule has 3 aromatic rings. The Morgan fingerprint density at radius 1 is 0.972 bits per heavy atom. The summed E-state index contributed by atoms with van der Waals surface area (Å²) in [5.41, 5.74) is 2.56. The lowest BCUT2D eigenvalue weighted by molar-refractivity contribution is -0.114. The number of carbonyl (C=O) groups excluding carboxylic acids is 1. The molecule has 0 heterocycles. The van der Waals surface area contributed by atoms with Gasteiger partial charge in [-0.3, -0.25) is 9.10 Å². The van der Waals surface area contributed by atoms with Crippen LogP contribution in [-0.4, -0.2) is 35.1 Å². The summed E-state index contributed by atoms with van der Waals surface area (Å²) in [5.74, 6) is -0.730. The molecule has 0 aliphatic carbocycles. The summed E-state index contributed by atoms with van der Waals surface area (Å²) in [5, 5.41) is 2.60. The molecule has 36 heavy (non-hydrogen) atoms. The molecule has 0 aliphatic heterocycles. The van der Waals surface area contributed by atoms with Crippen molar-refractivity contribution in [2.75, 3.05) is 30.4 Å². The van der Waals surface area contributed by atoms with Gasteiger partial charge in [0.2, 0.25) is 5.91 Å². The fraction of sp³-hybridized carbons (Fsp3) is 0.269. The van der Waals surface area contributed by atoms with Gasteiger partial charge in [-0.15, -0.1) is 0 Å². The lowest BCUT2D eigenvalue weighted by atomic mass is 10.0. The van der Waals surface area contributed by atoms with Gasteiger partial charge in [0.15, 0.2) is 11.5 Å². The standard InChI is InChI=1S/C26H28ClFN2O5S/c1-5-17-8-7-9-18(6-2)26(17)29-25(31)16-30(19-10-12-22(28)21(27)14-19)36(32,33)20-11-13-23(34-3)24(15-20)35-4/h7-15H,5-6,16H2,1-4H3,(H,29,31). The Morgan fingerprint density at radius 2 is 1.61 bits per heavy atom. The quantitative estimate of drug-likeness (QED) is 0.373. The second-order valence-electron chi connectivity index (χ2n) is 7.83. The number of anilines is 2. The second kappa shape index (κ2) is 11.6. The number of hydrogen-bond acceptors (Lipinski definition) is 5. The van der Waals surface area contributed by atoms with Crippen LogP contribution in [-0.2, 0) is 27.7 Å². The number of methoxy groups -OCH3 is 2. The van der Waals surface area contributed by atoms with Crippen molar-refractivity contribution in [3.63, 3.8) is 0 Å². The fourth-order valence-electron chi connectivity index (χ4n) is 3.77. The topological polar surface area (TPSA) is 84.9 Å². The number of rotatable bonds is 10. The number of hydrogen-bond donors (Lipinski definition) is 1. The van der Waals surface area contributed by atoms with Crippen molar-refractivity contribution >= 4 is 38.9 Å². The number of halogens is 2. The van der Waals surface area contributed by atoms with E-state index in [-0.39, 0.29) is 21.4 Å². The van der Waals surface area contributed by atoms with E-state index in [1.807, 2.05) is 32.0 Å². The van der Waals surface area contributed by atoms with Crippen LogP contribution in [0.2, 0.25) is 5.02 Å². The van der Waals surface area contributed by atoms with Gasteiger partial charge in [-0.05, 0) is 54.3 Å². The van der Waals surface area contributed by atoms with Gasteiger partial charge in [0.1, 0.15) is 12.4 Å². The highest BCUT2D eigenvalue weighted by Crippen LogP contribution is 2.33. The molecule has 3 aromatic carbocycles. The third-order valence-electron chi connectivity index (χ3n) is 5.68. The number of nitrogens with zero attached hydrogens (tertiary/aromatic N) is 1. The summed E-state index contributed by atoms with van der Waals surface area (Å²) in [6.45, 7) is 3.37. The Balaban J connectivity index is 2.06. The molecule has 0 unspecified atom stereocenters. The van der Waals surface area contributed by atoms with Crippen LogP contribution >= 0.6 is 11.6 Å². The molecule has 0 saturated heterocycles. The summed E-state index contributed by atoms with van der Waals surface area (Å²) < 4.78 is 52.7. The van der Waals surface area contributed by atoms with Crippen LogP contribution in [0, 0.1) is 5.82 Å². The van der Waals surface area contributed by atoms with Gasteiger partial charge in [0.05, 0.1) is 29.8 Å². The van der Waals surface area contributed by atoms with Gasteiger partial charge in [0.25, 0.3) is 10.0 Å². The minimum Gasteiger partial charge on any atom is -0.493 e. The van der Waals surface area contributed by atoms with Crippen LogP contribution in [0.3, 0.4) is 0 Å². The molecule has 0 spiro atoms. The molecular formula is C26H28ClFN2O5S. The molecule has 192 valence electrons. The van der Waals surface area contributed by atoms with E-state index >= 15 is 0 Å². The first-order valence-corrected chi connectivity index (χ1v) is 13.1. The molecule has 0 fully saturated rings. The zero-order valence-electron chi connectivity index (χ0n) is 20.5. The number of ether oxygens (including phenoxy) is 2. The molecule has 10 heteroatoms. The molecule has 0 radical (unpaired) electrons. The van der Waals surface area contributed by atoms with Crippen LogP contribution < -0.4 is 19.1 Å². The number of amides is 1. The van der Waals surface area contributed by atoms with E-state index in [2.05, 4.69) is 5.32 Å². The number of aryl methyl sites for hydroxylation is 2. The largest absolute Gasteiger partial charge is 0.493 e. The molecule has 0 saturated carbocycles. The van der Waals surface area contributed by atoms with Gasteiger partial charge in [0, 0.05) is 11.8 Å². The van der Waals surface area contributed by atoms with Gasteiger partial charge in [-0.25, -0.2) is 12.8 Å². The first-order valence-electron chi connectivity index (χ1n) is 11.3. The zero-order chi connectivity index (χ0) is 26.5. The Labute approximate surface area is 215 Å². The van der Waals surface area contributed by atoms with E-state index in [4.69, 9.17) is 21.1 Å². The second-order valence-corrected chi connectivity index (χ2v) is 10.1. The first-order chi connectivity index (χ1) is 17.2. The summed E-state index contributed by atoms with van der Waals surface area (Å²) in [4.78, 5) is 13.1. The molecule has 0 atom stereocenters. The smallest absolute Gasteiger partial charge is 0.264 e. The van der Waals surface area contributed by atoms with Gasteiger partial charge in [-0.2, -0.15) is 0 Å². The predicted molar refractivity (Wildman–Crippen MR) is 139 cm³/mol. The van der Waals surface area contributed by atoms with E-state index in [1.54, 1.807) is 0 Å². The maximum atomic E-state index is 13.9. The maximum Gasteiger partial charge on any atom is 0.264 e. The Kier molecular flexibility index (Phi) is 8.81. The van der Waals surface area contributed by atoms with Crippen LogP contribution in [0.15, 0.2) is 59.5 Å². The van der Waals surface area contributed by atoms with Crippen molar-refractivity contribution in [2.24, 2.45) is 0 Å². The van der Waals surface area contributed by atoms with E-state index in [9.17, 15) is 17.6 Å². The highest BCUT2D eigenvalue weighted by molar-refractivity contribution is 7.92. The lowest BCUT2D eigenvalue weighted by Crippen LogP contribution is -2.38. The van der Waals surface area contributed by atoms with E-state index in [0.717, 1.165) is 21.5 Å². The first kappa shape index (κ1) is 27.3. The van der Waals surface area contributed by atoms with Crippen molar-refractivity contribution in [2.45, 2.75) is 31.6 Å². The zero-order valence-corrected chi connectivity index (χ0v) is 22.0. The van der Waals surface area contributed by atoms with Crippen LogP contribution in [0.25, 0.3) is 0 Å². The number of carbonyl (C=O) groups is 1. The SMILES string of the molecule is CCc1cccc(CC)c1NC(=O)CN(c1ccc(F)c(Cl)c1)S(=O)(=O)c1ccc(OC)c(OC)c1. The van der Waals surface area contributed by atoms with Crippen LogP contribution in [0.1, 0.15) is 25.0 Å². The van der Waals surface area contributed by atoms with Gasteiger partial charge < -0.3 is 14.8 Å². The minimum absolute atomic E-state index is 0.0332. The summed E-state index contributed by atoms with van der Waals surface area (Å²) in [6, 6.07) is 13.3. The predicted octanol–water partition coefficient (Wildman–Crippen LogP) is 5.46. The van der Waals surface area contributed by atoms with Gasteiger partial charge >= 0.3 is 0 Å². The van der Waals surface area contributed by atoms with E-state index in [0.29, 0.717) is 24.3 Å². The van der Waals surface area contributed by atoms with Crippen molar-refractivity contribution in [3.05, 3.63) is 76.6 Å². The number of para-hydroxylation sites is 1. The summed E-state index contributed by atoms with van der Waals surface area (Å²) >= 11 is 5.95. The average Bonchev–Trinajstić information content (AvgIpc) is 2.88. The summed E-state index contributed by atoms with van der Waals surface area (Å²) in [6.07, 6.45) is 1.37. The highest BCUT2D eigenvalue weighted by atomic mass is 35.5. The average molecular weight is 535 g/mol. The number of sulfonamides is 1. The van der Waals surface area contributed by atoms with Crippen molar-refractivity contribution in [1.82, 2.24) is 0 Å². The van der Waals surface area contributed by atoms with E-state index in [1.165, 1.54) is 44.6 Å². The Morgan fingerprint density at radius 3 is 2.17 bits per heavy atom. The Bertz CT molecular complexity index is 1340. The highest BCUT2D eigenvalue weighted by Gasteiger charge is 2.29. The minimum atomic E-state index is -4.30. The number of benzene rings is 3. The molecule has 1 amide bonds. The van der Waals surface area contributed by atoms with Crippen molar-refractivity contribution in [1.29, 1.82) is 0 Å². The van der Waals surface area contributed by atoms with Gasteiger partial charge in [-0.1, -0.05) is 43.6 Å². The molecule has 7 nitrogen and oxygen atoms in total. The third-order valence-corrected chi connectivity index (χ3v) is 7.74. The lowest BCUT2D eigenvalue weighted by Gasteiger charge is -2.25. The Hall–Kier alpha value is -3.30. The van der Waals surface area contributed by atoms with Crippen molar-refractivity contribution < 1.29 is 27.1 Å². The van der Waals surface area contributed by atoms with Crippen molar-refractivity contribution in [3.8, 4) is 11.5 Å². The molecule has 1 N–H and O–H groups in total. The molecule has 0 aliphatic rings. The summed E-state index contributed by atoms with van der Waals surface area (Å²) in [7, 11) is -1.49. The van der Waals surface area contributed by atoms with Crippen LogP contribution in [0.5, 0.6) is 11.5 Å². The van der Waals surface area contributed by atoms with E-state index < -0.39 is 28.3 Å². The normalized spacial score (nSPS) is 11.2. The molecule has 0 bridgehead atoms. The molecular weight excluding hydrogens is 507 g/mol. The van der Waals surface area contributed by atoms with Crippen LogP contribution in [0.4, 0.5) is 15.8 Å². The molecule has 0 aromatic heterocycles. The maximum absolute atomic E-state index is 13.9. The fourth-order valence-corrected chi connectivity index (χ4v) is 5.38. The third kappa shape index (κ3) is 5.74. The number of nitrogens with one attached hydrogen (secondary N) is 1. The molecule has 3 rings (SSSR count). The monoisotopic (exact) mass is 534 g/mol.